The van der Waals surface area contributed by atoms with E-state index in [-0.39, 0.29) is 22.7 Å². The zero-order valence-electron chi connectivity index (χ0n) is 11.4. The monoisotopic (exact) mass is 287 g/mol. The molecule has 1 saturated carbocycles. The highest BCUT2D eigenvalue weighted by Gasteiger charge is 2.31. The first-order valence-corrected chi connectivity index (χ1v) is 8.04. The predicted molar refractivity (Wildman–Crippen MR) is 71.1 cm³/mol. The Hall–Kier alpha value is -0.850. The average Bonchev–Trinajstić information content (AvgIpc) is 2.94. The molecule has 0 amide bonds. The molecule has 2 rings (SSSR count). The second kappa shape index (κ2) is 5.26. The third-order valence-electron chi connectivity index (χ3n) is 3.87. The van der Waals surface area contributed by atoms with E-state index < -0.39 is 10.0 Å². The number of rotatable bonds is 5. The molecule has 1 fully saturated rings. The first-order chi connectivity index (χ1) is 8.86. The Morgan fingerprint density at radius 2 is 2.05 bits per heavy atom. The maximum atomic E-state index is 12.2. The Morgan fingerprint density at radius 1 is 1.42 bits per heavy atom. The molecule has 0 spiro atoms. The van der Waals surface area contributed by atoms with Gasteiger partial charge in [0.15, 0.2) is 0 Å². The van der Waals surface area contributed by atoms with E-state index >= 15 is 0 Å². The van der Waals surface area contributed by atoms with Crippen molar-refractivity contribution in [3.05, 3.63) is 17.6 Å². The number of aryl methyl sites for hydroxylation is 1. The van der Waals surface area contributed by atoms with E-state index in [4.69, 9.17) is 9.52 Å². The molecule has 0 aromatic carbocycles. The van der Waals surface area contributed by atoms with E-state index in [0.717, 1.165) is 25.7 Å². The minimum Gasteiger partial charge on any atom is -0.462 e. The highest BCUT2D eigenvalue weighted by Crippen LogP contribution is 2.37. The molecule has 6 heteroatoms. The van der Waals surface area contributed by atoms with E-state index in [9.17, 15) is 8.42 Å². The maximum absolute atomic E-state index is 12.2. The molecule has 19 heavy (non-hydrogen) atoms. The van der Waals surface area contributed by atoms with Gasteiger partial charge in [-0.25, -0.2) is 13.1 Å². The number of sulfonamides is 1. The van der Waals surface area contributed by atoms with Gasteiger partial charge in [-0.3, -0.25) is 0 Å². The number of aliphatic hydroxyl groups is 1. The predicted octanol–water partition coefficient (Wildman–Crippen LogP) is 1.94. The molecular formula is C13H21NO4S. The van der Waals surface area contributed by atoms with Gasteiger partial charge in [0.2, 0.25) is 10.0 Å². The van der Waals surface area contributed by atoms with Gasteiger partial charge in [0.1, 0.15) is 23.0 Å². The molecule has 0 radical (unpaired) electrons. The second-order valence-corrected chi connectivity index (χ2v) is 7.37. The minimum absolute atomic E-state index is 0.0600. The Labute approximate surface area is 114 Å². The summed E-state index contributed by atoms with van der Waals surface area (Å²) in [7, 11) is -3.56. The van der Waals surface area contributed by atoms with Gasteiger partial charge in [0.05, 0.1) is 0 Å². The van der Waals surface area contributed by atoms with Gasteiger partial charge in [-0.2, -0.15) is 0 Å². The van der Waals surface area contributed by atoms with Crippen molar-refractivity contribution in [2.75, 3.05) is 6.54 Å². The van der Waals surface area contributed by atoms with Crippen LogP contribution in [-0.2, 0) is 16.6 Å². The van der Waals surface area contributed by atoms with Gasteiger partial charge in [0.25, 0.3) is 0 Å². The van der Waals surface area contributed by atoms with Gasteiger partial charge in [-0.1, -0.05) is 19.8 Å². The van der Waals surface area contributed by atoms with E-state index in [2.05, 4.69) is 11.6 Å². The molecular weight excluding hydrogens is 266 g/mol. The number of hydrogen-bond acceptors (Lipinski definition) is 4. The summed E-state index contributed by atoms with van der Waals surface area (Å²) < 4.78 is 32.3. The Morgan fingerprint density at radius 3 is 2.58 bits per heavy atom. The molecule has 0 bridgehead atoms. The Balaban J connectivity index is 2.11. The van der Waals surface area contributed by atoms with Crippen LogP contribution in [0.1, 0.15) is 44.1 Å². The van der Waals surface area contributed by atoms with Crippen molar-refractivity contribution in [1.29, 1.82) is 0 Å². The molecule has 0 saturated heterocycles. The molecule has 0 aliphatic heterocycles. The second-order valence-electron chi connectivity index (χ2n) is 5.63. The summed E-state index contributed by atoms with van der Waals surface area (Å²) in [4.78, 5) is 0.123. The lowest BCUT2D eigenvalue weighted by molar-refractivity contribution is 0.244. The highest BCUT2D eigenvalue weighted by atomic mass is 32.2. The molecule has 1 aromatic heterocycles. The van der Waals surface area contributed by atoms with Gasteiger partial charge in [0, 0.05) is 12.6 Å². The third-order valence-corrected chi connectivity index (χ3v) is 5.38. The Kier molecular flexibility index (Phi) is 4.03. The SMILES string of the molecule is Cc1oc(CO)cc1S(=O)(=O)NCC1(C)CCCC1. The number of furan rings is 1. The van der Waals surface area contributed by atoms with Crippen LogP contribution < -0.4 is 4.72 Å². The van der Waals surface area contributed by atoms with Crippen LogP contribution >= 0.6 is 0 Å². The van der Waals surface area contributed by atoms with Crippen molar-refractivity contribution < 1.29 is 17.9 Å². The van der Waals surface area contributed by atoms with E-state index in [1.54, 1.807) is 6.92 Å². The standard InChI is InChI=1S/C13H21NO4S/c1-10-12(7-11(8-15)18-10)19(16,17)14-9-13(2)5-3-4-6-13/h7,14-15H,3-6,8-9H2,1-2H3. The summed E-state index contributed by atoms with van der Waals surface area (Å²) in [6.45, 7) is 3.86. The van der Waals surface area contributed by atoms with Crippen molar-refractivity contribution in [2.45, 2.75) is 51.0 Å². The van der Waals surface area contributed by atoms with Crippen LogP contribution in [0.5, 0.6) is 0 Å². The molecule has 0 unspecified atom stereocenters. The number of hydrogen-bond donors (Lipinski definition) is 2. The van der Waals surface area contributed by atoms with Crippen molar-refractivity contribution in [3.63, 3.8) is 0 Å². The van der Waals surface area contributed by atoms with Crippen LogP contribution in [0.2, 0.25) is 0 Å². The fraction of sp³-hybridized carbons (Fsp3) is 0.692. The first kappa shape index (κ1) is 14.6. The van der Waals surface area contributed by atoms with Crippen LogP contribution in [0.25, 0.3) is 0 Å². The summed E-state index contributed by atoms with van der Waals surface area (Å²) in [6, 6.07) is 1.38. The molecule has 1 aliphatic rings. The summed E-state index contributed by atoms with van der Waals surface area (Å²) >= 11 is 0. The normalized spacial score (nSPS) is 18.9. The summed E-state index contributed by atoms with van der Waals surface area (Å²) in [5.74, 6) is 0.582. The van der Waals surface area contributed by atoms with Crippen molar-refractivity contribution in [2.24, 2.45) is 5.41 Å². The number of aliphatic hydroxyl groups excluding tert-OH is 1. The zero-order chi connectivity index (χ0) is 14.1. The molecule has 1 aromatic rings. The quantitative estimate of drug-likeness (QED) is 0.867. The lowest BCUT2D eigenvalue weighted by Crippen LogP contribution is -2.34. The van der Waals surface area contributed by atoms with E-state index in [0.29, 0.717) is 12.3 Å². The third kappa shape index (κ3) is 3.19. The minimum atomic E-state index is -3.56. The lowest BCUT2D eigenvalue weighted by Gasteiger charge is -2.23. The lowest BCUT2D eigenvalue weighted by atomic mass is 9.89. The van der Waals surface area contributed by atoms with E-state index in [1.165, 1.54) is 6.07 Å². The molecule has 1 aliphatic carbocycles. The van der Waals surface area contributed by atoms with Crippen molar-refractivity contribution in [1.82, 2.24) is 4.72 Å². The van der Waals surface area contributed by atoms with Gasteiger partial charge in [-0.05, 0) is 25.2 Å². The van der Waals surface area contributed by atoms with Gasteiger partial charge >= 0.3 is 0 Å². The smallest absolute Gasteiger partial charge is 0.244 e. The van der Waals surface area contributed by atoms with Crippen molar-refractivity contribution in [3.8, 4) is 0 Å². The summed E-state index contributed by atoms with van der Waals surface area (Å²) in [5, 5.41) is 8.98. The van der Waals surface area contributed by atoms with E-state index in [1.807, 2.05) is 0 Å². The van der Waals surface area contributed by atoms with Crippen LogP contribution in [0.15, 0.2) is 15.4 Å². The zero-order valence-corrected chi connectivity index (χ0v) is 12.2. The fourth-order valence-corrected chi connectivity index (χ4v) is 4.02. The van der Waals surface area contributed by atoms with Crippen LogP contribution in [0.4, 0.5) is 0 Å². The summed E-state index contributed by atoms with van der Waals surface area (Å²) in [6.07, 6.45) is 4.44. The molecule has 108 valence electrons. The van der Waals surface area contributed by atoms with Crippen LogP contribution in [0, 0.1) is 12.3 Å². The Bertz CT molecular complexity index is 541. The first-order valence-electron chi connectivity index (χ1n) is 6.56. The van der Waals surface area contributed by atoms with Crippen LogP contribution in [-0.4, -0.2) is 20.1 Å². The highest BCUT2D eigenvalue weighted by molar-refractivity contribution is 7.89. The van der Waals surface area contributed by atoms with Crippen LogP contribution in [0.3, 0.4) is 0 Å². The molecule has 1 heterocycles. The van der Waals surface area contributed by atoms with Gasteiger partial charge < -0.3 is 9.52 Å². The molecule has 5 nitrogen and oxygen atoms in total. The topological polar surface area (TPSA) is 79.5 Å². The average molecular weight is 287 g/mol. The molecule has 2 N–H and O–H groups in total. The fourth-order valence-electron chi connectivity index (χ4n) is 2.62. The number of nitrogens with one attached hydrogen (secondary N) is 1. The largest absolute Gasteiger partial charge is 0.462 e. The van der Waals surface area contributed by atoms with Gasteiger partial charge in [-0.15, -0.1) is 0 Å². The van der Waals surface area contributed by atoms with Crippen molar-refractivity contribution >= 4 is 10.0 Å². The maximum Gasteiger partial charge on any atom is 0.244 e. The molecule has 0 atom stereocenters. The summed E-state index contributed by atoms with van der Waals surface area (Å²) in [5.41, 5.74) is 0.0600.